The zero-order valence-electron chi connectivity index (χ0n) is 7.91. The van der Waals surface area contributed by atoms with Gasteiger partial charge >= 0.3 is 0 Å². The Labute approximate surface area is 78.9 Å². The highest BCUT2D eigenvalue weighted by Gasteiger charge is 2.42. The fourth-order valence-electron chi connectivity index (χ4n) is 2.64. The molecule has 13 heavy (non-hydrogen) atoms. The van der Waals surface area contributed by atoms with E-state index in [4.69, 9.17) is 11.5 Å². The molecule has 0 aromatic carbocycles. The summed E-state index contributed by atoms with van der Waals surface area (Å²) in [6.45, 7) is 0. The maximum absolute atomic E-state index is 10.8. The van der Waals surface area contributed by atoms with Gasteiger partial charge in [0.15, 0.2) is 0 Å². The second-order valence-electron chi connectivity index (χ2n) is 4.68. The Morgan fingerprint density at radius 2 is 2.08 bits per heavy atom. The summed E-state index contributed by atoms with van der Waals surface area (Å²) in [6, 6.07) is -0.416. The molecule has 4 N–H and O–H groups in total. The van der Waals surface area contributed by atoms with Gasteiger partial charge in [-0.25, -0.2) is 0 Å². The summed E-state index contributed by atoms with van der Waals surface area (Å²) < 4.78 is 0. The molecule has 0 aliphatic heterocycles. The van der Waals surface area contributed by atoms with Gasteiger partial charge in [-0.05, 0) is 43.4 Å². The van der Waals surface area contributed by atoms with Gasteiger partial charge in [0.2, 0.25) is 5.91 Å². The first kappa shape index (κ1) is 9.00. The average Bonchev–Trinajstić information content (AvgIpc) is 2.81. The number of carbonyl (C=O) groups is 1. The van der Waals surface area contributed by atoms with Crippen LogP contribution in [0.25, 0.3) is 0 Å². The largest absolute Gasteiger partial charge is 0.368 e. The first-order valence-corrected chi connectivity index (χ1v) is 5.21. The molecular formula is C10H18N2O. The molecule has 74 valence electrons. The first-order chi connectivity index (χ1) is 6.16. The molecule has 0 heterocycles. The van der Waals surface area contributed by atoms with Gasteiger partial charge in [-0.1, -0.05) is 6.42 Å². The van der Waals surface area contributed by atoms with Crippen LogP contribution in [0.4, 0.5) is 0 Å². The van der Waals surface area contributed by atoms with Gasteiger partial charge in [-0.2, -0.15) is 0 Å². The summed E-state index contributed by atoms with van der Waals surface area (Å²) in [4.78, 5) is 10.8. The number of rotatable bonds is 3. The molecule has 1 amide bonds. The quantitative estimate of drug-likeness (QED) is 0.672. The Kier molecular flexibility index (Phi) is 2.28. The number of nitrogens with two attached hydrogens (primary N) is 2. The van der Waals surface area contributed by atoms with Crippen molar-refractivity contribution < 1.29 is 4.79 Å². The fraction of sp³-hybridized carbons (Fsp3) is 0.900. The van der Waals surface area contributed by atoms with Crippen LogP contribution >= 0.6 is 0 Å². The van der Waals surface area contributed by atoms with E-state index in [1.807, 2.05) is 0 Å². The second-order valence-corrected chi connectivity index (χ2v) is 4.68. The van der Waals surface area contributed by atoms with Gasteiger partial charge in [0.25, 0.3) is 0 Å². The van der Waals surface area contributed by atoms with Gasteiger partial charge in [-0.15, -0.1) is 0 Å². The molecule has 2 fully saturated rings. The van der Waals surface area contributed by atoms with Gasteiger partial charge in [-0.3, -0.25) is 4.79 Å². The van der Waals surface area contributed by atoms with Gasteiger partial charge in [0.05, 0.1) is 6.04 Å². The maximum atomic E-state index is 10.8. The van der Waals surface area contributed by atoms with Crippen LogP contribution in [0, 0.1) is 17.8 Å². The van der Waals surface area contributed by atoms with Crippen molar-refractivity contribution in [2.45, 2.75) is 38.1 Å². The first-order valence-electron chi connectivity index (χ1n) is 5.21. The van der Waals surface area contributed by atoms with Gasteiger partial charge in [0.1, 0.15) is 0 Å². The van der Waals surface area contributed by atoms with E-state index >= 15 is 0 Å². The third kappa shape index (κ3) is 2.02. The zero-order valence-corrected chi connectivity index (χ0v) is 7.91. The number of hydrogen-bond donors (Lipinski definition) is 2. The van der Waals surface area contributed by atoms with Crippen LogP contribution < -0.4 is 11.5 Å². The highest BCUT2D eigenvalue weighted by molar-refractivity contribution is 5.79. The highest BCUT2D eigenvalue weighted by Crippen LogP contribution is 2.52. The van der Waals surface area contributed by atoms with Crippen molar-refractivity contribution in [2.24, 2.45) is 29.2 Å². The van der Waals surface area contributed by atoms with E-state index in [1.54, 1.807) is 0 Å². The molecule has 3 nitrogen and oxygen atoms in total. The molecule has 2 saturated carbocycles. The normalized spacial score (nSPS) is 39.3. The predicted octanol–water partition coefficient (Wildman–Crippen LogP) is 0.625. The molecule has 0 saturated heterocycles. The van der Waals surface area contributed by atoms with Gasteiger partial charge in [0, 0.05) is 0 Å². The smallest absolute Gasteiger partial charge is 0.234 e. The van der Waals surface area contributed by atoms with Crippen LogP contribution in [-0.2, 0) is 4.79 Å². The molecule has 0 aromatic rings. The van der Waals surface area contributed by atoms with Crippen LogP contribution in [0.15, 0.2) is 0 Å². The standard InChI is InChI=1S/C10H18N2O/c11-9(10(12)13)4-6-1-2-7-5-8(7)3-6/h6-9H,1-5,11H2,(H2,12,13). The molecule has 0 bridgehead atoms. The van der Waals surface area contributed by atoms with E-state index in [0.717, 1.165) is 18.3 Å². The number of primary amides is 1. The zero-order chi connectivity index (χ0) is 9.42. The summed E-state index contributed by atoms with van der Waals surface area (Å²) in [5, 5.41) is 0. The molecule has 2 rings (SSSR count). The van der Waals surface area contributed by atoms with E-state index in [9.17, 15) is 4.79 Å². The Hall–Kier alpha value is -0.570. The predicted molar refractivity (Wildman–Crippen MR) is 50.7 cm³/mol. The van der Waals surface area contributed by atoms with Crippen molar-refractivity contribution >= 4 is 5.91 Å². The monoisotopic (exact) mass is 182 g/mol. The molecule has 4 atom stereocenters. The Morgan fingerprint density at radius 1 is 1.31 bits per heavy atom. The molecule has 3 heteroatoms. The van der Waals surface area contributed by atoms with E-state index in [2.05, 4.69) is 0 Å². The Bertz CT molecular complexity index is 217. The minimum absolute atomic E-state index is 0.349. The molecule has 0 aromatic heterocycles. The Balaban J connectivity index is 1.77. The summed E-state index contributed by atoms with van der Waals surface area (Å²) in [5.41, 5.74) is 10.8. The summed E-state index contributed by atoms with van der Waals surface area (Å²) in [7, 11) is 0. The van der Waals surface area contributed by atoms with E-state index in [0.29, 0.717) is 5.92 Å². The SMILES string of the molecule is NC(=O)C(N)CC1CCC2CC2C1. The number of amides is 1. The maximum Gasteiger partial charge on any atom is 0.234 e. The van der Waals surface area contributed by atoms with E-state index in [-0.39, 0.29) is 5.91 Å². The third-order valence-electron chi connectivity index (χ3n) is 3.60. The van der Waals surface area contributed by atoms with E-state index < -0.39 is 6.04 Å². The van der Waals surface area contributed by atoms with Gasteiger partial charge < -0.3 is 11.5 Å². The lowest BCUT2D eigenvalue weighted by Gasteiger charge is -2.22. The topological polar surface area (TPSA) is 69.1 Å². The number of carbonyl (C=O) groups excluding carboxylic acids is 1. The second kappa shape index (κ2) is 3.29. The average molecular weight is 182 g/mol. The molecule has 0 radical (unpaired) electrons. The fourth-order valence-corrected chi connectivity index (χ4v) is 2.64. The lowest BCUT2D eigenvalue weighted by Crippen LogP contribution is -2.38. The minimum atomic E-state index is -0.416. The van der Waals surface area contributed by atoms with Crippen LogP contribution in [-0.4, -0.2) is 11.9 Å². The summed E-state index contributed by atoms with van der Waals surface area (Å²) in [6.07, 6.45) is 6.11. The molecular weight excluding hydrogens is 164 g/mol. The van der Waals surface area contributed by atoms with Crippen LogP contribution in [0.5, 0.6) is 0 Å². The summed E-state index contributed by atoms with van der Waals surface area (Å²) >= 11 is 0. The number of hydrogen-bond acceptors (Lipinski definition) is 2. The van der Waals surface area contributed by atoms with Crippen molar-refractivity contribution in [2.75, 3.05) is 0 Å². The molecule has 0 spiro atoms. The Morgan fingerprint density at radius 3 is 2.69 bits per heavy atom. The van der Waals surface area contributed by atoms with Crippen molar-refractivity contribution in [3.8, 4) is 0 Å². The van der Waals surface area contributed by atoms with Crippen LogP contribution in [0.1, 0.15) is 32.1 Å². The van der Waals surface area contributed by atoms with Crippen LogP contribution in [0.3, 0.4) is 0 Å². The molecule has 2 aliphatic rings. The van der Waals surface area contributed by atoms with Crippen molar-refractivity contribution in [3.63, 3.8) is 0 Å². The molecule has 4 unspecified atom stereocenters. The van der Waals surface area contributed by atoms with E-state index in [1.165, 1.54) is 25.7 Å². The summed E-state index contributed by atoms with van der Waals surface area (Å²) in [5.74, 6) is 2.28. The third-order valence-corrected chi connectivity index (χ3v) is 3.60. The number of fused-ring (bicyclic) bond motifs is 1. The van der Waals surface area contributed by atoms with Crippen molar-refractivity contribution in [3.05, 3.63) is 0 Å². The highest BCUT2D eigenvalue weighted by atomic mass is 16.1. The van der Waals surface area contributed by atoms with Crippen molar-refractivity contribution in [1.29, 1.82) is 0 Å². The van der Waals surface area contributed by atoms with Crippen LogP contribution in [0.2, 0.25) is 0 Å². The van der Waals surface area contributed by atoms with Crippen molar-refractivity contribution in [1.82, 2.24) is 0 Å². The minimum Gasteiger partial charge on any atom is -0.368 e. The lowest BCUT2D eigenvalue weighted by molar-refractivity contribution is -0.119. The lowest BCUT2D eigenvalue weighted by atomic mass is 9.85. The molecule has 2 aliphatic carbocycles.